The topological polar surface area (TPSA) is 94.8 Å². The quantitative estimate of drug-likeness (QED) is 0.301. The van der Waals surface area contributed by atoms with Gasteiger partial charge in [0.25, 0.3) is 0 Å². The molecule has 1 aliphatic carbocycles. The largest absolute Gasteiger partial charge is 0.467 e. The van der Waals surface area contributed by atoms with E-state index < -0.39 is 0 Å². The van der Waals surface area contributed by atoms with Crippen LogP contribution in [0.25, 0.3) is 33.2 Å². The van der Waals surface area contributed by atoms with Crippen molar-refractivity contribution in [2.45, 2.75) is 51.1 Å². The van der Waals surface area contributed by atoms with Gasteiger partial charge in [0.2, 0.25) is 0 Å². The molecule has 3 atom stereocenters. The van der Waals surface area contributed by atoms with Crippen LogP contribution in [0, 0.1) is 5.41 Å². The fourth-order valence-electron chi connectivity index (χ4n) is 7.90. The zero-order chi connectivity index (χ0) is 28.4. The number of benzene rings is 1. The molecule has 0 unspecified atom stereocenters. The van der Waals surface area contributed by atoms with Crippen molar-refractivity contribution >= 4 is 33.8 Å². The Bertz CT molecular complexity index is 1650. The van der Waals surface area contributed by atoms with Gasteiger partial charge < -0.3 is 24.0 Å². The van der Waals surface area contributed by atoms with Crippen LogP contribution in [0.4, 0.5) is 10.6 Å². The van der Waals surface area contributed by atoms with Gasteiger partial charge in [0, 0.05) is 67.5 Å². The third kappa shape index (κ3) is 3.87. The number of likely N-dealkylation sites (tertiary alicyclic amines) is 1. The minimum Gasteiger partial charge on any atom is -0.467 e. The van der Waals surface area contributed by atoms with E-state index in [0.29, 0.717) is 12.4 Å². The number of nitrogens with zero attached hydrogens (tertiary/aromatic N) is 6. The number of pyridine rings is 2. The lowest BCUT2D eigenvalue weighted by Crippen LogP contribution is -2.51. The smallest absolute Gasteiger partial charge is 0.410 e. The first-order valence-electron chi connectivity index (χ1n) is 14.5. The Labute approximate surface area is 239 Å². The molecule has 1 saturated carbocycles. The number of aromatic nitrogens is 4. The van der Waals surface area contributed by atoms with Crippen LogP contribution in [0.2, 0.25) is 0 Å². The molecule has 2 saturated heterocycles. The number of anilines is 1. The zero-order valence-electron chi connectivity index (χ0n) is 24.1. The molecule has 0 radical (unpaired) electrons. The molecule has 0 N–H and O–H groups in total. The fourth-order valence-corrected chi connectivity index (χ4v) is 7.90. The minimum absolute atomic E-state index is 0.0559. The summed E-state index contributed by atoms with van der Waals surface area (Å²) in [4.78, 5) is 27.3. The highest BCUT2D eigenvalue weighted by Crippen LogP contribution is 2.63. The molecule has 2 aliphatic heterocycles. The van der Waals surface area contributed by atoms with E-state index in [-0.39, 0.29) is 29.9 Å². The summed E-state index contributed by atoms with van der Waals surface area (Å²) in [6, 6.07) is 12.4. The van der Waals surface area contributed by atoms with Crippen molar-refractivity contribution in [1.82, 2.24) is 24.6 Å². The molecule has 1 aromatic carbocycles. The minimum atomic E-state index is -0.166. The molecular formula is C31H36N6O4. The molecule has 5 heterocycles. The summed E-state index contributed by atoms with van der Waals surface area (Å²) >= 11 is 0. The summed E-state index contributed by atoms with van der Waals surface area (Å²) in [6.45, 7) is 6.49. The van der Waals surface area contributed by atoms with Crippen LogP contribution in [-0.2, 0) is 16.5 Å². The standard InChI is InChI=1S/C31H36N6O4/c1-5-40-29(38)36-14-12-31-13-15-37(30(31,2)11-10-27(31)36)28-9-8-23-24(33-28)7-6-22(32-23)21-16-20-18-35(3)34-25(20)17-26(21)41-19-39-4/h6-9,16-18,27H,5,10-15,19H2,1-4H3/t27-,30-,31+/m0/s1. The Morgan fingerprint density at radius 2 is 1.85 bits per heavy atom. The number of aryl methyl sites for hydroxylation is 1. The molecule has 4 aromatic rings. The summed E-state index contributed by atoms with van der Waals surface area (Å²) in [5, 5.41) is 5.53. The van der Waals surface area contributed by atoms with Gasteiger partial charge in [0.15, 0.2) is 6.79 Å². The average Bonchev–Trinajstić information content (AvgIpc) is 3.68. The maximum Gasteiger partial charge on any atom is 0.410 e. The van der Waals surface area contributed by atoms with E-state index >= 15 is 0 Å². The van der Waals surface area contributed by atoms with Gasteiger partial charge in [-0.25, -0.2) is 14.8 Å². The molecular weight excluding hydrogens is 520 g/mol. The first-order valence-corrected chi connectivity index (χ1v) is 14.5. The second-order valence-corrected chi connectivity index (χ2v) is 11.7. The lowest BCUT2D eigenvalue weighted by Gasteiger charge is -2.43. The van der Waals surface area contributed by atoms with Crippen molar-refractivity contribution in [3.8, 4) is 17.0 Å². The summed E-state index contributed by atoms with van der Waals surface area (Å²) in [7, 11) is 3.51. The molecule has 1 spiro atoms. The van der Waals surface area contributed by atoms with Crippen LogP contribution < -0.4 is 9.64 Å². The van der Waals surface area contributed by atoms with E-state index in [2.05, 4.69) is 35.1 Å². The van der Waals surface area contributed by atoms with Gasteiger partial charge >= 0.3 is 6.09 Å². The number of rotatable bonds is 6. The van der Waals surface area contributed by atoms with E-state index in [1.807, 2.05) is 43.3 Å². The van der Waals surface area contributed by atoms with Gasteiger partial charge in [0.1, 0.15) is 11.6 Å². The van der Waals surface area contributed by atoms with Crippen molar-refractivity contribution in [3.05, 3.63) is 42.6 Å². The Hall–Kier alpha value is -3.92. The predicted molar refractivity (Wildman–Crippen MR) is 156 cm³/mol. The highest BCUT2D eigenvalue weighted by Gasteiger charge is 2.68. The Kier molecular flexibility index (Phi) is 6.08. The molecule has 3 aliphatic rings. The first-order chi connectivity index (χ1) is 19.9. The number of hydrogen-bond donors (Lipinski definition) is 0. The summed E-state index contributed by atoms with van der Waals surface area (Å²) in [5.41, 5.74) is 4.24. The highest BCUT2D eigenvalue weighted by atomic mass is 16.7. The van der Waals surface area contributed by atoms with E-state index in [1.54, 1.807) is 11.8 Å². The first kappa shape index (κ1) is 26.0. The molecule has 0 bridgehead atoms. The third-order valence-electron chi connectivity index (χ3n) is 9.80. The molecule has 10 nitrogen and oxygen atoms in total. The lowest BCUT2D eigenvalue weighted by molar-refractivity contribution is 0.0516. The Balaban J connectivity index is 1.20. The number of hydrogen-bond acceptors (Lipinski definition) is 8. The van der Waals surface area contributed by atoms with Crippen LogP contribution >= 0.6 is 0 Å². The Morgan fingerprint density at radius 3 is 2.68 bits per heavy atom. The predicted octanol–water partition coefficient (Wildman–Crippen LogP) is 5.15. The maximum absolute atomic E-state index is 12.7. The summed E-state index contributed by atoms with van der Waals surface area (Å²) in [5.74, 6) is 1.65. The number of fused-ring (bicyclic) bond motifs is 2. The highest BCUT2D eigenvalue weighted by molar-refractivity contribution is 5.89. The number of carbonyl (C=O) groups is 1. The van der Waals surface area contributed by atoms with Crippen molar-refractivity contribution in [3.63, 3.8) is 0 Å². The number of methoxy groups -OCH3 is 1. The van der Waals surface area contributed by atoms with E-state index in [4.69, 9.17) is 24.2 Å². The summed E-state index contributed by atoms with van der Waals surface area (Å²) in [6.07, 6.45) is 5.92. The van der Waals surface area contributed by atoms with Crippen LogP contribution in [0.3, 0.4) is 0 Å². The second kappa shape index (κ2) is 9.58. The number of amides is 1. The van der Waals surface area contributed by atoms with E-state index in [0.717, 1.165) is 77.8 Å². The summed E-state index contributed by atoms with van der Waals surface area (Å²) < 4.78 is 18.3. The van der Waals surface area contributed by atoms with Crippen molar-refractivity contribution < 1.29 is 19.0 Å². The molecule has 3 fully saturated rings. The van der Waals surface area contributed by atoms with Crippen molar-refractivity contribution in [2.75, 3.05) is 38.5 Å². The number of carbonyl (C=O) groups excluding carboxylic acids is 1. The number of ether oxygens (including phenoxy) is 3. The molecule has 10 heteroatoms. The third-order valence-corrected chi connectivity index (χ3v) is 9.80. The van der Waals surface area contributed by atoms with Crippen LogP contribution in [0.1, 0.15) is 39.5 Å². The Morgan fingerprint density at radius 1 is 1.05 bits per heavy atom. The maximum atomic E-state index is 12.7. The fraction of sp³-hybridized carbons (Fsp3) is 0.484. The van der Waals surface area contributed by atoms with E-state index in [1.165, 1.54) is 0 Å². The van der Waals surface area contributed by atoms with E-state index in [9.17, 15) is 4.79 Å². The molecule has 1 amide bonds. The van der Waals surface area contributed by atoms with Crippen LogP contribution in [0.15, 0.2) is 42.6 Å². The molecule has 214 valence electrons. The van der Waals surface area contributed by atoms with Gasteiger partial charge in [-0.1, -0.05) is 0 Å². The van der Waals surface area contributed by atoms with Gasteiger partial charge in [-0.2, -0.15) is 5.10 Å². The van der Waals surface area contributed by atoms with Crippen LogP contribution in [-0.4, -0.2) is 75.9 Å². The van der Waals surface area contributed by atoms with Crippen molar-refractivity contribution in [1.29, 1.82) is 0 Å². The zero-order valence-corrected chi connectivity index (χ0v) is 24.1. The molecule has 3 aromatic heterocycles. The van der Waals surface area contributed by atoms with Gasteiger partial charge in [-0.3, -0.25) is 4.68 Å². The van der Waals surface area contributed by atoms with Gasteiger partial charge in [0.05, 0.1) is 28.9 Å². The second-order valence-electron chi connectivity index (χ2n) is 11.7. The molecule has 7 rings (SSSR count). The van der Waals surface area contributed by atoms with Crippen LogP contribution in [0.5, 0.6) is 5.75 Å². The van der Waals surface area contributed by atoms with Gasteiger partial charge in [-0.05, 0) is 69.9 Å². The van der Waals surface area contributed by atoms with Gasteiger partial charge in [-0.15, -0.1) is 0 Å². The lowest BCUT2D eigenvalue weighted by atomic mass is 9.71. The SMILES string of the molecule is CCOC(=O)N1CC[C@]23CCN(c4ccc5nc(-c6cc7cn(C)nc7cc6OCOC)ccc5n4)[C@@]2(C)CC[C@H]13. The average molecular weight is 557 g/mol. The molecule has 41 heavy (non-hydrogen) atoms. The normalized spacial score (nSPS) is 25.2. The monoisotopic (exact) mass is 556 g/mol. The van der Waals surface area contributed by atoms with Crippen molar-refractivity contribution in [2.24, 2.45) is 12.5 Å².